The summed E-state index contributed by atoms with van der Waals surface area (Å²) < 4.78 is 60.4. The van der Waals surface area contributed by atoms with Crippen LogP contribution in [-0.4, -0.2) is 80.6 Å². The zero-order chi connectivity index (χ0) is 35.7. The first kappa shape index (κ1) is 34.1. The van der Waals surface area contributed by atoms with Crippen LogP contribution >= 0.6 is 11.3 Å². The number of aromatic nitrogens is 4. The molecule has 4 fully saturated rings. The van der Waals surface area contributed by atoms with Gasteiger partial charge in [-0.3, -0.25) is 15.0 Å². The van der Waals surface area contributed by atoms with Crippen LogP contribution in [0.25, 0.3) is 32.4 Å². The van der Waals surface area contributed by atoms with Gasteiger partial charge in [-0.1, -0.05) is 24.2 Å². The highest BCUT2D eigenvalue weighted by atomic mass is 32.1. The van der Waals surface area contributed by atoms with Crippen LogP contribution in [0.1, 0.15) is 84.6 Å². The lowest BCUT2D eigenvalue weighted by atomic mass is 9.95. The van der Waals surface area contributed by atoms with Gasteiger partial charge in [0.05, 0.1) is 21.4 Å². The first-order chi connectivity index (χ1) is 24.4. The highest BCUT2D eigenvalue weighted by Gasteiger charge is 2.49. The zero-order valence-corrected chi connectivity index (χ0v) is 29.9. The van der Waals surface area contributed by atoms with Crippen molar-refractivity contribution in [1.82, 2.24) is 24.4 Å². The van der Waals surface area contributed by atoms with Crippen molar-refractivity contribution >= 4 is 49.5 Å². The molecule has 1 saturated carbocycles. The van der Waals surface area contributed by atoms with Crippen LogP contribution in [0.5, 0.6) is 6.01 Å². The smallest absolute Gasteiger partial charge is 0.413 e. The lowest BCUT2D eigenvalue weighted by Gasteiger charge is -2.31. The van der Waals surface area contributed by atoms with Gasteiger partial charge < -0.3 is 18.9 Å². The monoisotopic (exact) mass is 725 g/mol. The third-order valence-corrected chi connectivity index (χ3v) is 11.3. The number of amides is 1. The van der Waals surface area contributed by atoms with Crippen molar-refractivity contribution in [2.45, 2.75) is 102 Å². The summed E-state index contributed by atoms with van der Waals surface area (Å²) in [6.45, 7) is 7.74. The lowest BCUT2D eigenvalue weighted by molar-refractivity contribution is 0.0636. The Morgan fingerprint density at radius 1 is 1.04 bits per heavy atom. The van der Waals surface area contributed by atoms with Crippen LogP contribution < -0.4 is 20.5 Å². The Bertz CT molecular complexity index is 2070. The van der Waals surface area contributed by atoms with Crippen molar-refractivity contribution in [3.05, 3.63) is 34.1 Å². The maximum absolute atomic E-state index is 17.4. The maximum atomic E-state index is 17.4. The average molecular weight is 726 g/mol. The standard InChI is InChI=1S/C36H42F3N7O4S/c1-35(2,3)50-34(48)43-33-41-26-22(11-12-23(38)29(26)51-33)28-25(39)27-24(31(47)46(28)21-9-10-21)30(44-14-6-4-5-7-15-44)42-32(40-27)49-19-36-13-8-16-45(36)18-20(37)17-36/h11-12,20-21H,4-10,13-19H2,1-3H3,(H,41,43,48)/t20-,36+/m1/s1. The Kier molecular flexibility index (Phi) is 8.63. The van der Waals surface area contributed by atoms with Gasteiger partial charge in [0.25, 0.3) is 5.56 Å². The Labute approximate surface area is 297 Å². The van der Waals surface area contributed by atoms with Gasteiger partial charge in [-0.05, 0) is 78.0 Å². The van der Waals surface area contributed by atoms with Crippen molar-refractivity contribution in [3.8, 4) is 17.3 Å². The van der Waals surface area contributed by atoms with Gasteiger partial charge in [-0.15, -0.1) is 0 Å². The Morgan fingerprint density at radius 2 is 1.80 bits per heavy atom. The largest absolute Gasteiger partial charge is 0.461 e. The average Bonchev–Trinajstić information content (AvgIpc) is 3.69. The van der Waals surface area contributed by atoms with Crippen LogP contribution in [0.4, 0.5) is 28.9 Å². The first-order valence-corrected chi connectivity index (χ1v) is 18.7. The van der Waals surface area contributed by atoms with E-state index in [0.29, 0.717) is 44.7 Å². The summed E-state index contributed by atoms with van der Waals surface area (Å²) in [5.41, 5.74) is -1.64. The lowest BCUT2D eigenvalue weighted by Crippen LogP contribution is -2.43. The van der Waals surface area contributed by atoms with Crippen LogP contribution in [0, 0.1) is 11.6 Å². The SMILES string of the molecule is CC(C)(C)OC(=O)Nc1nc2c(-c3c(F)c4nc(OC[C@@]56CCCN5C[C@H](F)C6)nc(N5CCCCCC5)c4c(=O)n3C3CC3)ccc(F)c2s1. The zero-order valence-electron chi connectivity index (χ0n) is 29.1. The molecular weight excluding hydrogens is 684 g/mol. The van der Waals surface area contributed by atoms with Crippen LogP contribution in [-0.2, 0) is 4.74 Å². The second kappa shape index (κ2) is 12.9. The fraction of sp³-hybridized carbons (Fsp3) is 0.583. The number of hydrogen-bond donors (Lipinski definition) is 1. The third kappa shape index (κ3) is 6.40. The predicted octanol–water partition coefficient (Wildman–Crippen LogP) is 7.36. The van der Waals surface area contributed by atoms with E-state index in [4.69, 9.17) is 14.5 Å². The first-order valence-electron chi connectivity index (χ1n) is 17.9. The third-order valence-electron chi connectivity index (χ3n) is 10.4. The van der Waals surface area contributed by atoms with Gasteiger partial charge in [-0.2, -0.15) is 9.97 Å². The number of nitrogens with one attached hydrogen (secondary N) is 1. The molecule has 1 amide bonds. The minimum Gasteiger partial charge on any atom is -0.461 e. The molecule has 0 spiro atoms. The molecule has 1 aromatic carbocycles. The molecule has 1 N–H and O–H groups in total. The van der Waals surface area contributed by atoms with E-state index in [0.717, 1.165) is 56.4 Å². The van der Waals surface area contributed by atoms with E-state index in [1.807, 2.05) is 4.90 Å². The highest BCUT2D eigenvalue weighted by Crippen LogP contribution is 2.44. The Balaban J connectivity index is 1.28. The number of carbonyl (C=O) groups excluding carboxylic acids is 1. The quantitative estimate of drug-likeness (QED) is 0.209. The van der Waals surface area contributed by atoms with Crippen molar-refractivity contribution in [2.24, 2.45) is 0 Å². The number of anilines is 2. The molecule has 0 bridgehead atoms. The molecule has 0 radical (unpaired) electrons. The second-order valence-electron chi connectivity index (χ2n) is 15.3. The van der Waals surface area contributed by atoms with Crippen LogP contribution in [0.15, 0.2) is 16.9 Å². The molecule has 51 heavy (non-hydrogen) atoms. The summed E-state index contributed by atoms with van der Waals surface area (Å²) in [5, 5.41) is 2.70. The molecule has 15 heteroatoms. The van der Waals surface area contributed by atoms with Gasteiger partial charge in [0.15, 0.2) is 10.9 Å². The number of benzene rings is 1. The second-order valence-corrected chi connectivity index (χ2v) is 16.3. The number of carbonyl (C=O) groups is 1. The molecular formula is C36H42F3N7O4S. The number of hydrogen-bond acceptors (Lipinski definition) is 10. The Hall–Kier alpha value is -3.98. The van der Waals surface area contributed by atoms with E-state index in [9.17, 15) is 14.0 Å². The molecule has 0 unspecified atom stereocenters. The number of ether oxygens (including phenoxy) is 2. The maximum Gasteiger partial charge on any atom is 0.413 e. The summed E-state index contributed by atoms with van der Waals surface area (Å²) in [6.07, 6.45) is 5.55. The number of nitrogens with zero attached hydrogens (tertiary/aromatic N) is 6. The summed E-state index contributed by atoms with van der Waals surface area (Å²) in [6, 6.07) is 2.27. The van der Waals surface area contributed by atoms with Gasteiger partial charge in [-0.25, -0.2) is 22.9 Å². The van der Waals surface area contributed by atoms with Crippen molar-refractivity contribution in [3.63, 3.8) is 0 Å². The van der Waals surface area contributed by atoms with E-state index >= 15 is 8.78 Å². The molecule has 4 aliphatic rings. The molecule has 4 aromatic rings. The van der Waals surface area contributed by atoms with Gasteiger partial charge in [0.2, 0.25) is 0 Å². The highest BCUT2D eigenvalue weighted by molar-refractivity contribution is 7.22. The summed E-state index contributed by atoms with van der Waals surface area (Å²) in [5.74, 6) is -1.04. The summed E-state index contributed by atoms with van der Waals surface area (Å²) >= 11 is 0.891. The van der Waals surface area contributed by atoms with Gasteiger partial charge >= 0.3 is 12.1 Å². The molecule has 1 aliphatic carbocycles. The number of fused-ring (bicyclic) bond motifs is 3. The number of alkyl halides is 1. The Morgan fingerprint density at radius 3 is 2.53 bits per heavy atom. The molecule has 3 saturated heterocycles. The molecule has 11 nitrogen and oxygen atoms in total. The number of rotatable bonds is 7. The van der Waals surface area contributed by atoms with Crippen molar-refractivity contribution in [2.75, 3.05) is 43.0 Å². The van der Waals surface area contributed by atoms with E-state index in [2.05, 4.69) is 20.2 Å². The normalized spacial score (nSPS) is 22.8. The number of thiazole rings is 1. The predicted molar refractivity (Wildman–Crippen MR) is 190 cm³/mol. The fourth-order valence-corrected chi connectivity index (χ4v) is 8.87. The minimum atomic E-state index is -0.946. The van der Waals surface area contributed by atoms with Crippen molar-refractivity contribution < 1.29 is 27.4 Å². The molecule has 3 aromatic heterocycles. The van der Waals surface area contributed by atoms with Crippen LogP contribution in [0.3, 0.4) is 0 Å². The van der Waals surface area contributed by atoms with E-state index in [1.165, 1.54) is 16.7 Å². The summed E-state index contributed by atoms with van der Waals surface area (Å²) in [4.78, 5) is 45.3. The molecule has 3 aliphatic heterocycles. The van der Waals surface area contributed by atoms with E-state index in [1.54, 1.807) is 20.8 Å². The topological polar surface area (TPSA) is 115 Å². The number of pyridine rings is 1. The van der Waals surface area contributed by atoms with E-state index < -0.39 is 40.6 Å². The van der Waals surface area contributed by atoms with Crippen LogP contribution in [0.2, 0.25) is 0 Å². The van der Waals surface area contributed by atoms with Gasteiger partial charge in [0, 0.05) is 37.7 Å². The van der Waals surface area contributed by atoms with Gasteiger partial charge in [0.1, 0.15) is 40.9 Å². The molecule has 2 atom stereocenters. The molecule has 6 heterocycles. The minimum absolute atomic E-state index is 0.0581. The molecule has 8 rings (SSSR count). The molecule has 272 valence electrons. The summed E-state index contributed by atoms with van der Waals surface area (Å²) in [7, 11) is 0. The van der Waals surface area contributed by atoms with Crippen molar-refractivity contribution in [1.29, 1.82) is 0 Å². The van der Waals surface area contributed by atoms with E-state index in [-0.39, 0.29) is 56.2 Å². The number of halogens is 3. The fourth-order valence-electron chi connectivity index (χ4n) is 7.99.